The first kappa shape index (κ1) is 20.6. The van der Waals surface area contributed by atoms with Gasteiger partial charge in [-0.2, -0.15) is 5.26 Å². The van der Waals surface area contributed by atoms with E-state index in [9.17, 15) is 10.1 Å². The molecule has 0 saturated carbocycles. The maximum absolute atomic E-state index is 13.3. The molecule has 6 heteroatoms. The van der Waals surface area contributed by atoms with Crippen molar-refractivity contribution in [3.63, 3.8) is 0 Å². The van der Waals surface area contributed by atoms with E-state index in [1.54, 1.807) is 18.3 Å². The van der Waals surface area contributed by atoms with Crippen LogP contribution in [0.25, 0.3) is 16.7 Å². The molecule has 2 aliphatic heterocycles. The summed E-state index contributed by atoms with van der Waals surface area (Å²) in [4.78, 5) is 19.6. The molecule has 3 aliphatic rings. The molecular formula is C28H23N3O3. The predicted octanol–water partition coefficient (Wildman–Crippen LogP) is 4.76. The van der Waals surface area contributed by atoms with Crippen molar-refractivity contribution in [1.82, 2.24) is 9.88 Å². The van der Waals surface area contributed by atoms with Gasteiger partial charge in [-0.3, -0.25) is 9.88 Å². The summed E-state index contributed by atoms with van der Waals surface area (Å²) in [5.41, 5.74) is 7.21. The van der Waals surface area contributed by atoms with E-state index in [4.69, 9.17) is 9.47 Å². The molecule has 168 valence electrons. The number of carbonyl (C=O) groups excluding carboxylic acids is 1. The van der Waals surface area contributed by atoms with Crippen LogP contribution in [0.15, 0.2) is 72.9 Å². The fourth-order valence-corrected chi connectivity index (χ4v) is 5.41. The average Bonchev–Trinajstić information content (AvgIpc) is 3.20. The normalized spacial score (nSPS) is 20.7. The molecule has 1 aromatic heterocycles. The van der Waals surface area contributed by atoms with Crippen molar-refractivity contribution in [2.75, 3.05) is 19.8 Å². The third-order valence-corrected chi connectivity index (χ3v) is 6.96. The zero-order valence-corrected chi connectivity index (χ0v) is 18.6. The molecule has 2 bridgehead atoms. The van der Waals surface area contributed by atoms with Crippen LogP contribution in [0.5, 0.6) is 0 Å². The molecule has 3 aromatic rings. The lowest BCUT2D eigenvalue weighted by molar-refractivity contribution is -0.0331. The number of benzene rings is 2. The average molecular weight is 450 g/mol. The van der Waals surface area contributed by atoms with Gasteiger partial charge < -0.3 is 9.47 Å². The molecule has 0 spiro atoms. The van der Waals surface area contributed by atoms with Gasteiger partial charge in [0.15, 0.2) is 0 Å². The predicted molar refractivity (Wildman–Crippen MR) is 127 cm³/mol. The zero-order valence-electron chi connectivity index (χ0n) is 18.6. The monoisotopic (exact) mass is 449 g/mol. The van der Waals surface area contributed by atoms with Crippen LogP contribution in [0.4, 0.5) is 4.79 Å². The van der Waals surface area contributed by atoms with E-state index in [0.717, 1.165) is 11.3 Å². The summed E-state index contributed by atoms with van der Waals surface area (Å²) in [5, 5.41) is 9.22. The van der Waals surface area contributed by atoms with E-state index in [2.05, 4.69) is 35.3 Å². The Morgan fingerprint density at radius 3 is 2.53 bits per heavy atom. The SMILES string of the molecule is N#Cc1ccnc(C2=CC3COCC(C2)N3C(=O)OCC2c3ccccc3-c3ccccc32)c1. The number of pyridine rings is 1. The van der Waals surface area contributed by atoms with Crippen molar-refractivity contribution in [2.24, 2.45) is 0 Å². The molecule has 1 fully saturated rings. The highest BCUT2D eigenvalue weighted by molar-refractivity contribution is 5.79. The Bertz CT molecular complexity index is 1300. The first-order valence-electron chi connectivity index (χ1n) is 11.5. The molecule has 1 saturated heterocycles. The molecule has 2 atom stereocenters. The van der Waals surface area contributed by atoms with Gasteiger partial charge in [-0.15, -0.1) is 0 Å². The number of morpholine rings is 1. The Morgan fingerprint density at radius 2 is 1.82 bits per heavy atom. The van der Waals surface area contributed by atoms with E-state index in [-0.39, 0.29) is 24.1 Å². The highest BCUT2D eigenvalue weighted by Crippen LogP contribution is 2.44. The molecule has 1 amide bonds. The fraction of sp³-hybridized carbons (Fsp3) is 0.250. The van der Waals surface area contributed by atoms with Crippen molar-refractivity contribution in [2.45, 2.75) is 24.4 Å². The highest BCUT2D eigenvalue weighted by Gasteiger charge is 2.40. The molecule has 0 N–H and O–H groups in total. The summed E-state index contributed by atoms with van der Waals surface area (Å²) in [6, 6.07) is 22.0. The first-order chi connectivity index (χ1) is 16.7. The van der Waals surface area contributed by atoms with Crippen molar-refractivity contribution in [3.05, 3.63) is 95.3 Å². The van der Waals surface area contributed by atoms with Crippen LogP contribution in [0.1, 0.15) is 34.7 Å². The van der Waals surface area contributed by atoms with Crippen molar-refractivity contribution in [3.8, 4) is 17.2 Å². The second-order valence-electron chi connectivity index (χ2n) is 8.91. The largest absolute Gasteiger partial charge is 0.448 e. The van der Waals surface area contributed by atoms with Gasteiger partial charge in [0.25, 0.3) is 0 Å². The summed E-state index contributed by atoms with van der Waals surface area (Å²) in [6.07, 6.45) is 3.98. The number of aromatic nitrogens is 1. The first-order valence-corrected chi connectivity index (χ1v) is 11.5. The summed E-state index contributed by atoms with van der Waals surface area (Å²) in [5.74, 6) is 0.0289. The van der Waals surface area contributed by atoms with Gasteiger partial charge in [0, 0.05) is 12.1 Å². The number of hydrogen-bond donors (Lipinski definition) is 0. The van der Waals surface area contributed by atoms with Gasteiger partial charge >= 0.3 is 6.09 Å². The van der Waals surface area contributed by atoms with Gasteiger partial charge in [-0.1, -0.05) is 54.6 Å². The lowest BCUT2D eigenvalue weighted by atomic mass is 9.92. The van der Waals surface area contributed by atoms with Gasteiger partial charge in [-0.25, -0.2) is 4.79 Å². The lowest BCUT2D eigenvalue weighted by Crippen LogP contribution is -2.56. The third kappa shape index (κ3) is 3.46. The van der Waals surface area contributed by atoms with Gasteiger partial charge in [0.05, 0.1) is 42.6 Å². The Kier molecular flexibility index (Phi) is 5.12. The molecule has 0 radical (unpaired) electrons. The maximum atomic E-state index is 13.3. The molecular weight excluding hydrogens is 426 g/mol. The smallest absolute Gasteiger partial charge is 0.410 e. The van der Waals surface area contributed by atoms with Crippen LogP contribution in [0.3, 0.4) is 0 Å². The van der Waals surface area contributed by atoms with Gasteiger partial charge in [0.1, 0.15) is 6.61 Å². The molecule has 6 nitrogen and oxygen atoms in total. The van der Waals surface area contributed by atoms with Crippen LogP contribution < -0.4 is 0 Å². The number of ether oxygens (including phenoxy) is 2. The number of fused-ring (bicyclic) bond motifs is 5. The second kappa shape index (κ2) is 8.44. The Balaban J connectivity index is 1.22. The van der Waals surface area contributed by atoms with E-state index in [1.807, 2.05) is 35.2 Å². The van der Waals surface area contributed by atoms with Crippen molar-refractivity contribution >= 4 is 11.7 Å². The van der Waals surface area contributed by atoms with Gasteiger partial charge in [-0.05, 0) is 46.4 Å². The minimum atomic E-state index is -0.311. The van der Waals surface area contributed by atoms with E-state index < -0.39 is 0 Å². The molecule has 6 rings (SSSR count). The number of nitrogens with zero attached hydrogens (tertiary/aromatic N) is 3. The van der Waals surface area contributed by atoms with E-state index in [0.29, 0.717) is 31.8 Å². The number of amides is 1. The van der Waals surface area contributed by atoms with Gasteiger partial charge in [0.2, 0.25) is 0 Å². The Morgan fingerprint density at radius 1 is 1.09 bits per heavy atom. The van der Waals surface area contributed by atoms with Crippen LogP contribution >= 0.6 is 0 Å². The third-order valence-electron chi connectivity index (χ3n) is 6.96. The molecule has 34 heavy (non-hydrogen) atoms. The number of carbonyl (C=O) groups is 1. The zero-order chi connectivity index (χ0) is 23.1. The molecule has 1 aliphatic carbocycles. The standard InChI is InChI=1S/C28H23N3O3/c29-14-18-9-10-30-27(11-18)19-12-20-15-33-16-21(13-19)31(20)28(32)34-17-26-24-7-3-1-5-22(24)23-6-2-4-8-25(23)26/h1-12,20-21,26H,13,15-17H2. The van der Waals surface area contributed by atoms with Crippen LogP contribution in [0, 0.1) is 11.3 Å². The Labute approximate surface area is 198 Å². The molecule has 2 aromatic carbocycles. The topological polar surface area (TPSA) is 75.5 Å². The lowest BCUT2D eigenvalue weighted by Gasteiger charge is -2.43. The fourth-order valence-electron chi connectivity index (χ4n) is 5.41. The van der Waals surface area contributed by atoms with Crippen LogP contribution in [-0.2, 0) is 9.47 Å². The van der Waals surface area contributed by atoms with Crippen molar-refractivity contribution < 1.29 is 14.3 Å². The minimum Gasteiger partial charge on any atom is -0.448 e. The number of nitriles is 1. The van der Waals surface area contributed by atoms with Crippen molar-refractivity contribution in [1.29, 1.82) is 5.26 Å². The highest BCUT2D eigenvalue weighted by atomic mass is 16.6. The summed E-state index contributed by atoms with van der Waals surface area (Å²) in [6.45, 7) is 1.17. The van der Waals surface area contributed by atoms with Crippen LogP contribution in [-0.4, -0.2) is 47.9 Å². The van der Waals surface area contributed by atoms with E-state index >= 15 is 0 Å². The summed E-state index contributed by atoms with van der Waals surface area (Å²) >= 11 is 0. The maximum Gasteiger partial charge on any atom is 0.410 e. The number of rotatable bonds is 3. The molecule has 3 heterocycles. The minimum absolute atomic E-state index is 0.0289. The molecule has 2 unspecified atom stereocenters. The quantitative estimate of drug-likeness (QED) is 0.576. The summed E-state index contributed by atoms with van der Waals surface area (Å²) in [7, 11) is 0. The summed E-state index contributed by atoms with van der Waals surface area (Å²) < 4.78 is 11.7. The number of hydrogen-bond acceptors (Lipinski definition) is 5. The second-order valence-corrected chi connectivity index (χ2v) is 8.91. The van der Waals surface area contributed by atoms with Crippen LogP contribution in [0.2, 0.25) is 0 Å². The van der Waals surface area contributed by atoms with E-state index in [1.165, 1.54) is 22.3 Å². The Hall–Kier alpha value is -3.95.